The van der Waals surface area contributed by atoms with Crippen molar-refractivity contribution in [1.29, 1.82) is 0 Å². The lowest BCUT2D eigenvalue weighted by molar-refractivity contribution is -0.0498. The van der Waals surface area contributed by atoms with Gasteiger partial charge in [0, 0.05) is 55.2 Å². The molecule has 7 rings (SSSR count). The quantitative estimate of drug-likeness (QED) is 0.139. The average molecular weight is 758 g/mol. The summed E-state index contributed by atoms with van der Waals surface area (Å²) in [6.07, 6.45) is 7.87. The molecule has 0 aliphatic heterocycles. The van der Waals surface area contributed by atoms with Gasteiger partial charge in [0.2, 0.25) is 0 Å². The van der Waals surface area contributed by atoms with Gasteiger partial charge < -0.3 is 23.8 Å². The maximum atomic E-state index is 12.5. The molecule has 0 radical (unpaired) electrons. The summed E-state index contributed by atoms with van der Waals surface area (Å²) >= 11 is 11.9. The van der Waals surface area contributed by atoms with E-state index in [0.29, 0.717) is 51.9 Å². The van der Waals surface area contributed by atoms with Crippen LogP contribution < -0.4 is 4.74 Å². The Morgan fingerprint density at radius 1 is 0.755 bits per heavy atom. The third-order valence-corrected chi connectivity index (χ3v) is 8.77. The van der Waals surface area contributed by atoms with Crippen LogP contribution in [0.1, 0.15) is 48.8 Å². The number of rotatable bonds is 10. The van der Waals surface area contributed by atoms with Gasteiger partial charge in [0.25, 0.3) is 0 Å². The highest BCUT2D eigenvalue weighted by molar-refractivity contribution is 6.31. The molecule has 9 nitrogen and oxygen atoms in total. The Morgan fingerprint density at radius 2 is 1.38 bits per heavy atom. The van der Waals surface area contributed by atoms with E-state index in [2.05, 4.69) is 25.8 Å². The van der Waals surface area contributed by atoms with Crippen molar-refractivity contribution in [2.24, 2.45) is 0 Å². The van der Waals surface area contributed by atoms with Crippen LogP contribution in [0.2, 0.25) is 10.0 Å². The topological polar surface area (TPSA) is 108 Å². The lowest BCUT2D eigenvalue weighted by Crippen LogP contribution is -2.08. The predicted octanol–water partition coefficient (Wildman–Crippen LogP) is 9.31. The number of nitrogens with one attached hydrogen (secondary N) is 1. The number of fused-ring (bicyclic) bond motifs is 2. The highest BCUT2D eigenvalue weighted by Crippen LogP contribution is 2.25. The molecule has 13 heteroatoms. The molecule has 0 aliphatic carbocycles. The molecule has 0 saturated heterocycles. The van der Waals surface area contributed by atoms with Gasteiger partial charge in [-0.15, -0.1) is 0 Å². The van der Waals surface area contributed by atoms with Crippen molar-refractivity contribution in [2.45, 2.75) is 26.0 Å². The van der Waals surface area contributed by atoms with Crippen LogP contribution in [-0.2, 0) is 28.9 Å². The number of hydrogen-bond donors (Lipinski definition) is 1. The Morgan fingerprint density at radius 3 is 2.00 bits per heavy atom. The number of hydrogen-bond acceptors (Lipinski definition) is 7. The van der Waals surface area contributed by atoms with Crippen LogP contribution in [0.25, 0.3) is 21.8 Å². The van der Waals surface area contributed by atoms with Crippen LogP contribution in [0.5, 0.6) is 5.75 Å². The maximum Gasteiger partial charge on any atom is 0.387 e. The van der Waals surface area contributed by atoms with Gasteiger partial charge in [-0.1, -0.05) is 47.5 Å². The zero-order chi connectivity index (χ0) is 37.5. The zero-order valence-electron chi connectivity index (χ0n) is 28.5. The largest absolute Gasteiger partial charge is 0.465 e. The number of alkyl halides is 2. The average Bonchev–Trinajstić information content (AvgIpc) is 3.79. The van der Waals surface area contributed by atoms with Crippen molar-refractivity contribution in [1.82, 2.24) is 19.5 Å². The van der Waals surface area contributed by atoms with Gasteiger partial charge in [-0.25, -0.2) is 9.59 Å². The van der Waals surface area contributed by atoms with E-state index < -0.39 is 18.6 Å². The van der Waals surface area contributed by atoms with Gasteiger partial charge in [-0.05, 0) is 88.1 Å². The highest BCUT2D eigenvalue weighted by Gasteiger charge is 2.16. The van der Waals surface area contributed by atoms with Crippen LogP contribution in [0, 0.1) is 0 Å². The van der Waals surface area contributed by atoms with E-state index in [9.17, 15) is 18.4 Å². The molecular weight excluding hydrogens is 725 g/mol. The first kappa shape index (κ1) is 37.0. The highest BCUT2D eigenvalue weighted by atomic mass is 35.5. The summed E-state index contributed by atoms with van der Waals surface area (Å²) in [6.45, 7) is -2.35. The smallest absolute Gasteiger partial charge is 0.387 e. The molecule has 0 atom stereocenters. The van der Waals surface area contributed by atoms with Crippen LogP contribution in [0.15, 0.2) is 110 Å². The first-order valence-electron chi connectivity index (χ1n) is 16.2. The van der Waals surface area contributed by atoms with Crippen molar-refractivity contribution in [2.75, 3.05) is 14.2 Å². The number of esters is 2. The minimum atomic E-state index is -2.86. The molecule has 0 saturated carbocycles. The van der Waals surface area contributed by atoms with Gasteiger partial charge in [-0.3, -0.25) is 9.97 Å². The number of halogens is 4. The molecule has 0 unspecified atom stereocenters. The summed E-state index contributed by atoms with van der Waals surface area (Å²) < 4.78 is 41.1. The van der Waals surface area contributed by atoms with Crippen molar-refractivity contribution in [3.63, 3.8) is 0 Å². The molecule has 0 amide bonds. The Bertz CT molecular complexity index is 2410. The maximum absolute atomic E-state index is 12.5. The van der Waals surface area contributed by atoms with E-state index in [-0.39, 0.29) is 5.75 Å². The third-order valence-electron chi connectivity index (χ3n) is 8.36. The minimum absolute atomic E-state index is 0.133. The Balaban J connectivity index is 0.000000198. The van der Waals surface area contributed by atoms with Crippen LogP contribution in [-0.4, -0.2) is 52.3 Å². The first-order chi connectivity index (χ1) is 25.6. The van der Waals surface area contributed by atoms with Gasteiger partial charge in [0.15, 0.2) is 0 Å². The molecule has 53 heavy (non-hydrogen) atoms. The molecule has 4 heterocycles. The van der Waals surface area contributed by atoms with Crippen molar-refractivity contribution in [3.05, 3.63) is 159 Å². The Hall–Kier alpha value is -5.78. The molecule has 4 aromatic heterocycles. The van der Waals surface area contributed by atoms with E-state index in [0.717, 1.165) is 38.5 Å². The van der Waals surface area contributed by atoms with E-state index in [4.69, 9.17) is 32.7 Å². The molecule has 0 aliphatic rings. The summed E-state index contributed by atoms with van der Waals surface area (Å²) in [5.74, 6) is -0.781. The van der Waals surface area contributed by atoms with Crippen molar-refractivity contribution < 1.29 is 32.6 Å². The van der Waals surface area contributed by atoms with E-state index >= 15 is 0 Å². The van der Waals surface area contributed by atoms with Gasteiger partial charge >= 0.3 is 18.6 Å². The third kappa shape index (κ3) is 9.18. The number of methoxy groups -OCH3 is 2. The molecule has 0 bridgehead atoms. The Kier molecular flexibility index (Phi) is 11.7. The van der Waals surface area contributed by atoms with Crippen LogP contribution >= 0.6 is 23.2 Å². The van der Waals surface area contributed by atoms with Gasteiger partial charge in [-0.2, -0.15) is 8.78 Å². The number of ether oxygens (including phenoxy) is 3. The van der Waals surface area contributed by atoms with E-state index in [1.54, 1.807) is 24.3 Å². The van der Waals surface area contributed by atoms with Crippen LogP contribution in [0.4, 0.5) is 8.78 Å². The molecule has 0 spiro atoms. The SMILES string of the molecule is COC(=O)c1cc(Cl)cnc1Cc1ccc2[nH]ccc2c1.COC(=O)c1cc(Cl)cnc1Cc1ccc2c(ccn2Cc2cccc(OC(F)F)c2)c1. The van der Waals surface area contributed by atoms with Gasteiger partial charge in [0.1, 0.15) is 5.75 Å². The zero-order valence-corrected chi connectivity index (χ0v) is 30.0. The number of H-pyrrole nitrogens is 1. The predicted molar refractivity (Wildman–Crippen MR) is 199 cm³/mol. The molecule has 7 aromatic rings. The lowest BCUT2D eigenvalue weighted by atomic mass is 10.0. The normalized spacial score (nSPS) is 11.0. The standard InChI is InChI=1S/C24H19ClF2N2O3.C16H13ClN2O2/c1-31-23(30)20-12-18(25)13-28-21(20)11-15-5-6-22-17(9-15)7-8-29(22)14-16-3-2-4-19(10-16)32-24(26)27;1-21-16(20)13-8-12(17)9-19-15(13)7-10-2-3-14-11(6-10)4-5-18-14/h2-10,12-13,24H,11,14H2,1H3;2-6,8-9,18H,7H2,1H3. The summed E-state index contributed by atoms with van der Waals surface area (Å²) in [5, 5.41) is 2.92. The molecule has 0 fully saturated rings. The first-order valence-corrected chi connectivity index (χ1v) is 17.0. The second kappa shape index (κ2) is 16.7. The lowest BCUT2D eigenvalue weighted by Gasteiger charge is -2.10. The molecule has 1 N–H and O–H groups in total. The molecular formula is C40H32Cl2F2N4O5. The van der Waals surface area contributed by atoms with E-state index in [1.807, 2.05) is 65.5 Å². The number of carbonyl (C=O) groups is 2. The van der Waals surface area contributed by atoms with Gasteiger partial charge in [0.05, 0.1) is 46.8 Å². The number of nitrogens with zero attached hydrogens (tertiary/aromatic N) is 3. The molecule has 3 aromatic carbocycles. The molecule has 270 valence electrons. The number of carbonyl (C=O) groups excluding carboxylic acids is 2. The Labute approximate surface area is 313 Å². The summed E-state index contributed by atoms with van der Waals surface area (Å²) in [5.41, 5.74) is 6.93. The fourth-order valence-electron chi connectivity index (χ4n) is 5.90. The second-order valence-electron chi connectivity index (χ2n) is 11.9. The minimum Gasteiger partial charge on any atom is -0.465 e. The number of benzene rings is 3. The number of pyridine rings is 2. The fraction of sp³-hybridized carbons (Fsp3) is 0.150. The summed E-state index contributed by atoms with van der Waals surface area (Å²) in [6, 6.07) is 25.9. The van der Waals surface area contributed by atoms with E-state index in [1.165, 1.54) is 32.7 Å². The number of aromatic nitrogens is 4. The second-order valence-corrected chi connectivity index (χ2v) is 12.8. The fourth-order valence-corrected chi connectivity index (χ4v) is 6.22. The number of aromatic amines is 1. The summed E-state index contributed by atoms with van der Waals surface area (Å²) in [4.78, 5) is 35.6. The van der Waals surface area contributed by atoms with Crippen molar-refractivity contribution >= 4 is 56.9 Å². The van der Waals surface area contributed by atoms with Crippen molar-refractivity contribution in [3.8, 4) is 5.75 Å². The monoisotopic (exact) mass is 756 g/mol. The summed E-state index contributed by atoms with van der Waals surface area (Å²) in [7, 11) is 2.66. The van der Waals surface area contributed by atoms with Crippen LogP contribution in [0.3, 0.4) is 0 Å².